The van der Waals surface area contributed by atoms with E-state index < -0.39 is 130 Å². The summed E-state index contributed by atoms with van der Waals surface area (Å²) >= 11 is 0. The van der Waals surface area contributed by atoms with E-state index in [4.69, 9.17) is 18.1 Å². The van der Waals surface area contributed by atoms with Crippen LogP contribution in [0.4, 0.5) is 17.1 Å². The summed E-state index contributed by atoms with van der Waals surface area (Å²) in [5.41, 5.74) is 2.43. The number of hydrogen-bond donors (Lipinski definition) is 0. The first-order valence-electron chi connectivity index (χ1n) is 25.5. The molecule has 0 aliphatic rings. The summed E-state index contributed by atoms with van der Waals surface area (Å²) in [5, 5.41) is 1.97. The molecule has 0 amide bonds. The minimum absolute atomic E-state index is 0.0443. The molecule has 55 heavy (non-hydrogen) atoms. The van der Waals surface area contributed by atoms with Gasteiger partial charge in [0.15, 0.2) is 0 Å². The van der Waals surface area contributed by atoms with Gasteiger partial charge in [0.05, 0.1) is 49.7 Å². The van der Waals surface area contributed by atoms with E-state index in [1.54, 1.807) is 36.4 Å². The number of benzene rings is 9. The van der Waals surface area contributed by atoms with Crippen molar-refractivity contribution in [3.8, 4) is 27.9 Å². The molecule has 0 aliphatic carbocycles. The van der Waals surface area contributed by atoms with Gasteiger partial charge in [-0.25, -0.2) is 0 Å². The molecule has 0 saturated heterocycles. The fraction of sp³-hybridized carbons (Fsp3) is 0. The third-order valence-corrected chi connectivity index (χ3v) is 9.87. The molecule has 0 atom stereocenters. The van der Waals surface area contributed by atoms with Gasteiger partial charge in [0.2, 0.25) is 0 Å². The van der Waals surface area contributed by atoms with Gasteiger partial charge in [0.25, 0.3) is 0 Å². The molecular weight excluding hydrogens is 669 g/mol. The third-order valence-electron chi connectivity index (χ3n) is 9.87. The molecule has 0 fully saturated rings. The standard InChI is InChI=1S/C52H34N2O/c1-2-17-37(18-3-1)53(38-31-29-36(30-32-38)40-24-14-16-35-15-4-5-19-39(35)40)49-34-33-44(52-51(49)45-23-9-13-28-50(45)55-52)43-22-8-12-27-48(43)54-46-25-10-6-20-41(46)42-21-7-11-26-47(42)54/h1-34H/i1D,2D,3D,4D,5D,14D,15D,16D,17D,18D,19D,24D,29D,30D,31D,32D. The van der Waals surface area contributed by atoms with Crippen molar-refractivity contribution < 1.29 is 26.3 Å². The molecule has 0 saturated carbocycles. The van der Waals surface area contributed by atoms with Gasteiger partial charge in [-0.1, -0.05) is 145 Å². The Kier molecular flexibility index (Phi) is 4.39. The van der Waals surface area contributed by atoms with Crippen molar-refractivity contribution in [3.63, 3.8) is 0 Å². The van der Waals surface area contributed by atoms with E-state index >= 15 is 0 Å². The minimum Gasteiger partial charge on any atom is -0.455 e. The molecule has 2 aromatic heterocycles. The topological polar surface area (TPSA) is 21.3 Å². The Morgan fingerprint density at radius 1 is 0.455 bits per heavy atom. The summed E-state index contributed by atoms with van der Waals surface area (Å²) in [7, 11) is 0. The number of nitrogens with zero attached hydrogens (tertiary/aromatic N) is 2. The highest BCUT2D eigenvalue weighted by molar-refractivity contribution is 6.18. The maximum absolute atomic E-state index is 9.73. The van der Waals surface area contributed by atoms with Crippen LogP contribution in [0.25, 0.3) is 82.5 Å². The highest BCUT2D eigenvalue weighted by Crippen LogP contribution is 2.47. The molecule has 3 nitrogen and oxygen atoms in total. The number of rotatable bonds is 6. The van der Waals surface area contributed by atoms with Crippen molar-refractivity contribution in [3.05, 3.63) is 206 Å². The van der Waals surface area contributed by atoms with E-state index in [-0.39, 0.29) is 11.3 Å². The quantitative estimate of drug-likeness (QED) is 0.171. The summed E-state index contributed by atoms with van der Waals surface area (Å²) in [6.45, 7) is 0. The SMILES string of the molecule is [2H]c1c([2H])c([2H])c(N(c2c([2H])c([2H])c(-c3c([2H])c([2H])c([2H])c4c([2H])c([2H])c([2H])c([2H])c34)c([2H])c2[2H])c2ccc(-c3ccccc3-n3c4ccccc4c4ccccc43)c3oc4ccccc4c23)c([2H])c1[2H]. The van der Waals surface area contributed by atoms with Crippen molar-refractivity contribution in [1.29, 1.82) is 0 Å². The lowest BCUT2D eigenvalue weighted by Gasteiger charge is -2.27. The van der Waals surface area contributed by atoms with Crippen LogP contribution in [0, 0.1) is 0 Å². The minimum atomic E-state index is -0.845. The van der Waals surface area contributed by atoms with Crippen LogP contribution in [0.15, 0.2) is 210 Å². The van der Waals surface area contributed by atoms with E-state index in [1.807, 2.05) is 60.7 Å². The van der Waals surface area contributed by atoms with Gasteiger partial charge in [-0.05, 0) is 82.5 Å². The molecule has 11 aromatic rings. The molecule has 0 unspecified atom stereocenters. The van der Waals surface area contributed by atoms with Gasteiger partial charge < -0.3 is 13.9 Å². The fourth-order valence-electron chi connectivity index (χ4n) is 7.54. The second-order valence-corrected chi connectivity index (χ2v) is 12.9. The average molecular weight is 719 g/mol. The number of furan rings is 1. The summed E-state index contributed by atoms with van der Waals surface area (Å²) in [6, 6.07) is 22.0. The van der Waals surface area contributed by atoms with Gasteiger partial charge in [-0.3, -0.25) is 0 Å². The highest BCUT2D eigenvalue weighted by atomic mass is 16.3. The van der Waals surface area contributed by atoms with Crippen LogP contribution in [0.2, 0.25) is 0 Å². The van der Waals surface area contributed by atoms with Crippen molar-refractivity contribution >= 4 is 71.6 Å². The van der Waals surface area contributed by atoms with Crippen molar-refractivity contribution in [2.45, 2.75) is 0 Å². The molecule has 9 aromatic carbocycles. The molecule has 0 N–H and O–H groups in total. The zero-order valence-corrected chi connectivity index (χ0v) is 28.7. The first-order chi connectivity index (χ1) is 34.0. The molecule has 0 radical (unpaired) electrons. The van der Waals surface area contributed by atoms with E-state index in [2.05, 4.69) is 16.7 Å². The second kappa shape index (κ2) is 12.6. The number of aromatic nitrogens is 1. The Bertz CT molecular complexity index is 4040. The predicted octanol–water partition coefficient (Wildman–Crippen LogP) is 14.6. The first-order valence-corrected chi connectivity index (χ1v) is 17.5. The number of hydrogen-bond acceptors (Lipinski definition) is 2. The zero-order valence-electron chi connectivity index (χ0n) is 44.7. The highest BCUT2D eigenvalue weighted by Gasteiger charge is 2.24. The van der Waals surface area contributed by atoms with Crippen molar-refractivity contribution in [2.24, 2.45) is 0 Å². The molecule has 0 bridgehead atoms. The average Bonchev–Trinajstić information content (AvgIpc) is 3.94. The van der Waals surface area contributed by atoms with Crippen LogP contribution >= 0.6 is 0 Å². The van der Waals surface area contributed by atoms with Crippen molar-refractivity contribution in [2.75, 3.05) is 4.90 Å². The summed E-state index contributed by atoms with van der Waals surface area (Å²) in [6.07, 6.45) is 0. The fourth-order valence-corrected chi connectivity index (χ4v) is 7.54. The lowest BCUT2D eigenvalue weighted by Crippen LogP contribution is -2.10. The Hall–Kier alpha value is -7.36. The van der Waals surface area contributed by atoms with Gasteiger partial charge in [0.1, 0.15) is 11.2 Å². The van der Waals surface area contributed by atoms with Gasteiger partial charge in [-0.2, -0.15) is 0 Å². The Labute approximate surface area is 341 Å². The molecule has 0 spiro atoms. The smallest absolute Gasteiger partial charge is 0.145 e. The lowest BCUT2D eigenvalue weighted by atomic mass is 9.97. The van der Waals surface area contributed by atoms with Gasteiger partial charge in [0, 0.05) is 38.7 Å². The molecule has 3 heteroatoms. The van der Waals surface area contributed by atoms with Crippen molar-refractivity contribution in [1.82, 2.24) is 4.57 Å². The maximum atomic E-state index is 9.73. The van der Waals surface area contributed by atoms with Gasteiger partial charge in [-0.15, -0.1) is 0 Å². The predicted molar refractivity (Wildman–Crippen MR) is 231 cm³/mol. The molecule has 11 rings (SSSR count). The van der Waals surface area contributed by atoms with E-state index in [9.17, 15) is 8.22 Å². The normalized spacial score (nSPS) is 15.7. The van der Waals surface area contributed by atoms with E-state index in [0.717, 1.165) is 38.0 Å². The lowest BCUT2D eigenvalue weighted by molar-refractivity contribution is 0.670. The molecule has 0 aliphatic heterocycles. The van der Waals surface area contributed by atoms with Crippen LogP contribution in [0.5, 0.6) is 0 Å². The molecule has 2 heterocycles. The Morgan fingerprint density at radius 3 is 1.89 bits per heavy atom. The third kappa shape index (κ3) is 4.98. The largest absolute Gasteiger partial charge is 0.455 e. The Balaban J connectivity index is 1.25. The first kappa shape index (κ1) is 19.1. The molecule has 258 valence electrons. The summed E-state index contributed by atoms with van der Waals surface area (Å²) in [5.74, 6) is 0. The number of anilines is 3. The van der Waals surface area contributed by atoms with Crippen LogP contribution in [-0.2, 0) is 0 Å². The van der Waals surface area contributed by atoms with Gasteiger partial charge >= 0.3 is 0 Å². The van der Waals surface area contributed by atoms with E-state index in [0.29, 0.717) is 21.9 Å². The maximum Gasteiger partial charge on any atom is 0.145 e. The summed E-state index contributed by atoms with van der Waals surface area (Å²) in [4.78, 5) is 1.09. The van der Waals surface area contributed by atoms with Crippen LogP contribution < -0.4 is 4.90 Å². The number of para-hydroxylation sites is 5. The number of fused-ring (bicyclic) bond motifs is 7. The van der Waals surface area contributed by atoms with Crippen LogP contribution in [-0.4, -0.2) is 4.57 Å². The zero-order chi connectivity index (χ0) is 50.2. The Morgan fingerprint density at radius 2 is 1.09 bits per heavy atom. The summed E-state index contributed by atoms with van der Waals surface area (Å²) < 4.78 is 153. The van der Waals surface area contributed by atoms with E-state index in [1.165, 1.54) is 0 Å². The monoisotopic (exact) mass is 718 g/mol. The van der Waals surface area contributed by atoms with Crippen LogP contribution in [0.1, 0.15) is 21.9 Å². The second-order valence-electron chi connectivity index (χ2n) is 12.9. The van der Waals surface area contributed by atoms with Crippen LogP contribution in [0.3, 0.4) is 0 Å². The molecular formula is C52H34N2O.